The van der Waals surface area contributed by atoms with Crippen molar-refractivity contribution in [1.29, 1.82) is 0 Å². The van der Waals surface area contributed by atoms with Crippen molar-refractivity contribution in [2.24, 2.45) is 0 Å². The molecule has 0 bridgehead atoms. The van der Waals surface area contributed by atoms with Gasteiger partial charge in [0.2, 0.25) is 0 Å². The molecule has 0 radical (unpaired) electrons. The van der Waals surface area contributed by atoms with Gasteiger partial charge in [-0.05, 0) is 49.7 Å². The van der Waals surface area contributed by atoms with Gasteiger partial charge in [-0.15, -0.1) is 11.3 Å². The molecule has 2 aliphatic rings. The van der Waals surface area contributed by atoms with E-state index in [1.54, 1.807) is 15.7 Å². The highest BCUT2D eigenvalue weighted by Gasteiger charge is 2.21. The van der Waals surface area contributed by atoms with Crippen LogP contribution in [0.2, 0.25) is 0 Å². The molecule has 0 spiro atoms. The Hall–Kier alpha value is -2.51. The van der Waals surface area contributed by atoms with Gasteiger partial charge in [0, 0.05) is 42.9 Å². The van der Waals surface area contributed by atoms with Crippen LogP contribution in [-0.2, 0) is 25.8 Å². The second-order valence-corrected chi connectivity index (χ2v) is 9.24. The third kappa shape index (κ3) is 3.68. The van der Waals surface area contributed by atoms with Gasteiger partial charge in [-0.25, -0.2) is 4.98 Å². The summed E-state index contributed by atoms with van der Waals surface area (Å²) in [7, 11) is 0. The van der Waals surface area contributed by atoms with E-state index in [2.05, 4.69) is 39.5 Å². The summed E-state index contributed by atoms with van der Waals surface area (Å²) in [5.74, 6) is -0.318. The van der Waals surface area contributed by atoms with Crippen LogP contribution in [0, 0.1) is 0 Å². The third-order valence-electron chi connectivity index (χ3n) is 6.19. The van der Waals surface area contributed by atoms with E-state index in [1.807, 2.05) is 0 Å². The van der Waals surface area contributed by atoms with Crippen molar-refractivity contribution in [2.45, 2.75) is 45.1 Å². The van der Waals surface area contributed by atoms with Crippen LogP contribution in [0.4, 0.5) is 0 Å². The minimum Gasteiger partial charge on any atom is -0.352 e. The van der Waals surface area contributed by atoms with Crippen LogP contribution in [0.1, 0.15) is 51.3 Å². The van der Waals surface area contributed by atoms with E-state index in [0.29, 0.717) is 11.5 Å². The van der Waals surface area contributed by atoms with Crippen molar-refractivity contribution in [3.8, 4) is 0 Å². The van der Waals surface area contributed by atoms with Crippen LogP contribution in [0.15, 0.2) is 35.3 Å². The number of benzene rings is 1. The van der Waals surface area contributed by atoms with E-state index in [-0.39, 0.29) is 17.0 Å². The molecule has 0 saturated heterocycles. The number of amides is 1. The Morgan fingerprint density at radius 1 is 1.13 bits per heavy atom. The molecule has 1 N–H and O–H groups in total. The van der Waals surface area contributed by atoms with Crippen LogP contribution < -0.4 is 10.9 Å². The van der Waals surface area contributed by atoms with Gasteiger partial charge in [0.15, 0.2) is 4.96 Å². The van der Waals surface area contributed by atoms with E-state index in [0.717, 1.165) is 63.9 Å². The number of carbonyl (C=O) groups is 1. The van der Waals surface area contributed by atoms with E-state index in [1.165, 1.54) is 22.2 Å². The van der Waals surface area contributed by atoms with Gasteiger partial charge in [0.1, 0.15) is 5.56 Å². The summed E-state index contributed by atoms with van der Waals surface area (Å²) in [6, 6.07) is 8.60. The summed E-state index contributed by atoms with van der Waals surface area (Å²) in [6.45, 7) is 3.51. The molecule has 0 atom stereocenters. The van der Waals surface area contributed by atoms with Crippen molar-refractivity contribution in [3.05, 3.63) is 68.1 Å². The monoisotopic (exact) mass is 422 g/mol. The summed E-state index contributed by atoms with van der Waals surface area (Å²) in [5.41, 5.74) is 3.81. The first-order valence-electron chi connectivity index (χ1n) is 10.8. The molecule has 156 valence electrons. The molecule has 6 nitrogen and oxygen atoms in total. The quantitative estimate of drug-likeness (QED) is 0.642. The highest BCUT2D eigenvalue weighted by atomic mass is 32.1. The lowest BCUT2D eigenvalue weighted by Crippen LogP contribution is -2.35. The standard InChI is InChI=1S/C23H26N4O2S/c28-21(24-11-5-12-26-13-10-16-6-1-2-7-17(16)15-26)18-14-25-23-27(22(18)29)19-8-3-4-9-20(19)30-23/h1-2,6-7,14H,3-5,8-13,15H2,(H,24,28). The van der Waals surface area contributed by atoms with E-state index in [9.17, 15) is 9.59 Å². The fraction of sp³-hybridized carbons (Fsp3) is 0.435. The highest BCUT2D eigenvalue weighted by Crippen LogP contribution is 2.28. The van der Waals surface area contributed by atoms with Gasteiger partial charge in [0.25, 0.3) is 11.5 Å². The van der Waals surface area contributed by atoms with Gasteiger partial charge in [0.05, 0.1) is 0 Å². The number of thiazole rings is 1. The highest BCUT2D eigenvalue weighted by molar-refractivity contribution is 7.17. The Balaban J connectivity index is 1.20. The number of hydrogen-bond acceptors (Lipinski definition) is 5. The average Bonchev–Trinajstić information content (AvgIpc) is 3.16. The number of nitrogens with one attached hydrogen (secondary N) is 1. The number of nitrogens with zero attached hydrogens (tertiary/aromatic N) is 3. The smallest absolute Gasteiger partial charge is 0.271 e. The summed E-state index contributed by atoms with van der Waals surface area (Å²) in [6.07, 6.45) is 7.52. The van der Waals surface area contributed by atoms with Crippen molar-refractivity contribution in [2.75, 3.05) is 19.6 Å². The van der Waals surface area contributed by atoms with Crippen LogP contribution in [0.5, 0.6) is 0 Å². The topological polar surface area (TPSA) is 66.7 Å². The van der Waals surface area contributed by atoms with Gasteiger partial charge < -0.3 is 5.32 Å². The normalized spacial score (nSPS) is 16.3. The summed E-state index contributed by atoms with van der Waals surface area (Å²) >= 11 is 1.58. The molecule has 0 saturated carbocycles. The average molecular weight is 423 g/mol. The molecular weight excluding hydrogens is 396 g/mol. The van der Waals surface area contributed by atoms with Crippen molar-refractivity contribution < 1.29 is 4.79 Å². The molecular formula is C23H26N4O2S. The molecule has 1 aromatic carbocycles. The maximum atomic E-state index is 13.0. The molecule has 1 amide bonds. The minimum absolute atomic E-state index is 0.144. The molecule has 1 aliphatic carbocycles. The lowest BCUT2D eigenvalue weighted by Gasteiger charge is -2.28. The Bertz CT molecular complexity index is 1150. The second-order valence-electron chi connectivity index (χ2n) is 8.18. The van der Waals surface area contributed by atoms with Crippen molar-refractivity contribution in [3.63, 3.8) is 0 Å². The number of carbonyl (C=O) groups excluding carboxylic acids is 1. The molecule has 7 heteroatoms. The van der Waals surface area contributed by atoms with Gasteiger partial charge in [-0.1, -0.05) is 24.3 Å². The number of aryl methyl sites for hydroxylation is 2. The SMILES string of the molecule is O=C(NCCCN1CCc2ccccc2C1)c1cnc2sc3c(n2c1=O)CCCC3. The Labute approximate surface area is 179 Å². The first kappa shape index (κ1) is 19.5. The minimum atomic E-state index is -0.318. The predicted octanol–water partition coefficient (Wildman–Crippen LogP) is 2.81. The Kier molecular flexibility index (Phi) is 5.39. The summed E-state index contributed by atoms with van der Waals surface area (Å²) in [5, 5.41) is 2.92. The van der Waals surface area contributed by atoms with Crippen LogP contribution in [0.3, 0.4) is 0 Å². The lowest BCUT2D eigenvalue weighted by molar-refractivity contribution is 0.0949. The molecule has 2 aromatic heterocycles. The van der Waals surface area contributed by atoms with Crippen molar-refractivity contribution in [1.82, 2.24) is 19.6 Å². The zero-order chi connectivity index (χ0) is 20.5. The molecule has 0 fully saturated rings. The van der Waals surface area contributed by atoms with Gasteiger partial charge in [-0.2, -0.15) is 0 Å². The number of aromatic nitrogens is 2. The van der Waals surface area contributed by atoms with Gasteiger partial charge in [-0.3, -0.25) is 18.9 Å². The molecule has 3 aromatic rings. The summed E-state index contributed by atoms with van der Waals surface area (Å²) < 4.78 is 1.67. The molecule has 0 unspecified atom stereocenters. The maximum absolute atomic E-state index is 13.0. The number of fused-ring (bicyclic) bond motifs is 4. The fourth-order valence-corrected chi connectivity index (χ4v) is 5.74. The second kappa shape index (κ2) is 8.32. The van der Waals surface area contributed by atoms with Crippen LogP contribution in [-0.4, -0.2) is 39.8 Å². The molecule has 30 heavy (non-hydrogen) atoms. The Morgan fingerprint density at radius 3 is 2.87 bits per heavy atom. The largest absolute Gasteiger partial charge is 0.352 e. The Morgan fingerprint density at radius 2 is 1.97 bits per heavy atom. The number of hydrogen-bond donors (Lipinski definition) is 1. The first-order chi connectivity index (χ1) is 14.7. The van der Waals surface area contributed by atoms with E-state index in [4.69, 9.17) is 0 Å². The maximum Gasteiger partial charge on any atom is 0.271 e. The zero-order valence-corrected chi connectivity index (χ0v) is 17.8. The third-order valence-corrected chi connectivity index (χ3v) is 7.35. The lowest BCUT2D eigenvalue weighted by atomic mass is 10.00. The van der Waals surface area contributed by atoms with Gasteiger partial charge >= 0.3 is 0 Å². The predicted molar refractivity (Wildman–Crippen MR) is 118 cm³/mol. The van der Waals surface area contributed by atoms with Crippen LogP contribution >= 0.6 is 11.3 Å². The molecule has 1 aliphatic heterocycles. The van der Waals surface area contributed by atoms with Crippen molar-refractivity contribution >= 4 is 22.2 Å². The van der Waals surface area contributed by atoms with Crippen LogP contribution in [0.25, 0.3) is 4.96 Å². The first-order valence-corrected chi connectivity index (χ1v) is 11.6. The summed E-state index contributed by atoms with van der Waals surface area (Å²) in [4.78, 5) is 34.4. The molecule has 3 heterocycles. The van der Waals surface area contributed by atoms with E-state index < -0.39 is 0 Å². The fourth-order valence-electron chi connectivity index (χ4n) is 4.57. The van der Waals surface area contributed by atoms with E-state index >= 15 is 0 Å². The number of rotatable bonds is 5. The molecule has 5 rings (SSSR count). The zero-order valence-electron chi connectivity index (χ0n) is 17.0.